The zero-order valence-electron chi connectivity index (χ0n) is 12.2. The van der Waals surface area contributed by atoms with Crippen molar-refractivity contribution in [2.45, 2.75) is 25.8 Å². The van der Waals surface area contributed by atoms with Crippen molar-refractivity contribution in [2.24, 2.45) is 5.73 Å². The second-order valence-corrected chi connectivity index (χ2v) is 4.85. The highest BCUT2D eigenvalue weighted by Crippen LogP contribution is 2.25. The van der Waals surface area contributed by atoms with Crippen LogP contribution in [0.3, 0.4) is 0 Å². The maximum absolute atomic E-state index is 8.85. The van der Waals surface area contributed by atoms with Crippen LogP contribution in [0.2, 0.25) is 0 Å². The lowest BCUT2D eigenvalue weighted by Gasteiger charge is -2.24. The highest BCUT2D eigenvalue weighted by Gasteiger charge is 2.11. The van der Waals surface area contributed by atoms with E-state index in [1.165, 1.54) is 0 Å². The summed E-state index contributed by atoms with van der Waals surface area (Å²) in [4.78, 5) is 6.55. The van der Waals surface area contributed by atoms with Gasteiger partial charge in [0.2, 0.25) is 0 Å². The lowest BCUT2D eigenvalue weighted by molar-refractivity contribution is 0.675. The number of nitrogens with zero attached hydrogens (tertiary/aromatic N) is 3. The Bertz CT molecular complexity index is 586. The van der Waals surface area contributed by atoms with Crippen LogP contribution in [0.1, 0.15) is 31.5 Å². The van der Waals surface area contributed by atoms with Gasteiger partial charge in [-0.3, -0.25) is 4.98 Å². The van der Waals surface area contributed by atoms with Gasteiger partial charge in [0.05, 0.1) is 30.1 Å². The van der Waals surface area contributed by atoms with Gasteiger partial charge < -0.3 is 10.6 Å². The molecule has 1 aromatic carbocycles. The number of pyridine rings is 1. The first-order valence-electron chi connectivity index (χ1n) is 7.17. The predicted molar refractivity (Wildman–Crippen MR) is 85.1 cm³/mol. The van der Waals surface area contributed by atoms with E-state index in [0.29, 0.717) is 13.0 Å². The van der Waals surface area contributed by atoms with E-state index in [1.807, 2.05) is 55.6 Å². The zero-order valence-corrected chi connectivity index (χ0v) is 12.2. The summed E-state index contributed by atoms with van der Waals surface area (Å²) in [5.41, 5.74) is 8.92. The van der Waals surface area contributed by atoms with Crippen molar-refractivity contribution < 1.29 is 0 Å². The molecule has 0 fully saturated rings. The number of aromatic nitrogens is 1. The molecule has 1 aromatic heterocycles. The Labute approximate surface area is 125 Å². The van der Waals surface area contributed by atoms with Gasteiger partial charge in [-0.2, -0.15) is 5.26 Å². The average molecular weight is 280 g/mol. The molecule has 0 aliphatic heterocycles. The largest absolute Gasteiger partial charge is 0.339 e. The van der Waals surface area contributed by atoms with E-state index in [-0.39, 0.29) is 6.04 Å². The molecule has 0 saturated carbocycles. The van der Waals surface area contributed by atoms with E-state index in [9.17, 15) is 0 Å². The SMILES string of the molecule is CC[C@@H](N)c1ccc(N(CCC#N)c2ccccc2)cn1. The van der Waals surface area contributed by atoms with Crippen molar-refractivity contribution in [3.63, 3.8) is 0 Å². The number of hydrogen-bond acceptors (Lipinski definition) is 4. The molecule has 0 spiro atoms. The fourth-order valence-corrected chi connectivity index (χ4v) is 2.16. The molecule has 1 atom stereocenters. The highest BCUT2D eigenvalue weighted by atomic mass is 15.1. The molecule has 0 amide bonds. The molecule has 0 saturated heterocycles. The molecule has 1 heterocycles. The standard InChI is InChI=1S/C17H20N4/c1-2-16(19)17-10-9-15(13-20-17)21(12-6-11-18)14-7-4-3-5-8-14/h3-5,7-10,13,16H,2,6,12,19H2,1H3/t16-/m1/s1. The molecule has 2 N–H and O–H groups in total. The van der Waals surface area contributed by atoms with Crippen LogP contribution in [0.5, 0.6) is 0 Å². The van der Waals surface area contributed by atoms with E-state index in [2.05, 4.69) is 16.0 Å². The molecule has 4 heteroatoms. The molecule has 0 unspecified atom stereocenters. The first-order valence-corrected chi connectivity index (χ1v) is 7.17. The van der Waals surface area contributed by atoms with E-state index < -0.39 is 0 Å². The van der Waals surface area contributed by atoms with Crippen molar-refractivity contribution in [3.05, 3.63) is 54.4 Å². The third-order valence-electron chi connectivity index (χ3n) is 3.42. The molecular formula is C17H20N4. The zero-order chi connectivity index (χ0) is 15.1. The normalized spacial score (nSPS) is 11.7. The average Bonchev–Trinajstić information content (AvgIpc) is 2.56. The van der Waals surface area contributed by atoms with Crippen molar-refractivity contribution in [1.29, 1.82) is 5.26 Å². The van der Waals surface area contributed by atoms with Gasteiger partial charge in [-0.15, -0.1) is 0 Å². The third-order valence-corrected chi connectivity index (χ3v) is 3.42. The van der Waals surface area contributed by atoms with Gasteiger partial charge in [0, 0.05) is 18.3 Å². The van der Waals surface area contributed by atoms with Gasteiger partial charge >= 0.3 is 0 Å². The molecule has 0 aliphatic rings. The summed E-state index contributed by atoms with van der Waals surface area (Å²) in [5.74, 6) is 0. The summed E-state index contributed by atoms with van der Waals surface area (Å²) in [6, 6.07) is 16.2. The van der Waals surface area contributed by atoms with Crippen LogP contribution in [0.4, 0.5) is 11.4 Å². The molecule has 21 heavy (non-hydrogen) atoms. The topological polar surface area (TPSA) is 65.9 Å². The minimum Gasteiger partial charge on any atom is -0.339 e. The van der Waals surface area contributed by atoms with Gasteiger partial charge in [0.15, 0.2) is 0 Å². The summed E-state index contributed by atoms with van der Waals surface area (Å²) in [7, 11) is 0. The number of anilines is 2. The number of nitrogens with two attached hydrogens (primary N) is 1. The van der Waals surface area contributed by atoms with Crippen LogP contribution in [0, 0.1) is 11.3 Å². The quantitative estimate of drug-likeness (QED) is 0.878. The number of benzene rings is 1. The maximum atomic E-state index is 8.85. The number of nitriles is 1. The first-order chi connectivity index (χ1) is 10.3. The van der Waals surface area contributed by atoms with Gasteiger partial charge in [-0.25, -0.2) is 0 Å². The summed E-state index contributed by atoms with van der Waals surface area (Å²) >= 11 is 0. The van der Waals surface area contributed by atoms with Crippen LogP contribution in [-0.4, -0.2) is 11.5 Å². The minimum atomic E-state index is -0.0247. The molecule has 2 rings (SSSR count). The van der Waals surface area contributed by atoms with Crippen LogP contribution in [0.25, 0.3) is 0 Å². The molecule has 4 nitrogen and oxygen atoms in total. The molecule has 2 aromatic rings. The smallest absolute Gasteiger partial charge is 0.0640 e. The Morgan fingerprint density at radius 3 is 2.52 bits per heavy atom. The number of hydrogen-bond donors (Lipinski definition) is 1. The Balaban J connectivity index is 2.27. The van der Waals surface area contributed by atoms with E-state index in [0.717, 1.165) is 23.5 Å². The second kappa shape index (κ2) is 7.41. The van der Waals surface area contributed by atoms with Crippen LogP contribution >= 0.6 is 0 Å². The van der Waals surface area contributed by atoms with Crippen molar-refractivity contribution in [3.8, 4) is 6.07 Å². The van der Waals surface area contributed by atoms with Gasteiger partial charge in [0.25, 0.3) is 0 Å². The van der Waals surface area contributed by atoms with Crippen LogP contribution in [0.15, 0.2) is 48.7 Å². The molecule has 0 bridgehead atoms. The monoisotopic (exact) mass is 280 g/mol. The summed E-state index contributed by atoms with van der Waals surface area (Å²) in [6.45, 7) is 2.69. The van der Waals surface area contributed by atoms with E-state index in [1.54, 1.807) is 0 Å². The number of rotatable bonds is 6. The Morgan fingerprint density at radius 2 is 1.95 bits per heavy atom. The summed E-state index contributed by atoms with van der Waals surface area (Å²) in [6.07, 6.45) is 3.16. The summed E-state index contributed by atoms with van der Waals surface area (Å²) < 4.78 is 0. The highest BCUT2D eigenvalue weighted by molar-refractivity contribution is 5.62. The van der Waals surface area contributed by atoms with Gasteiger partial charge in [0.1, 0.15) is 0 Å². The summed E-state index contributed by atoms with van der Waals surface area (Å²) in [5, 5.41) is 8.85. The first kappa shape index (κ1) is 15.0. The van der Waals surface area contributed by atoms with Gasteiger partial charge in [-0.1, -0.05) is 25.1 Å². The fraction of sp³-hybridized carbons (Fsp3) is 0.294. The maximum Gasteiger partial charge on any atom is 0.0640 e. The Hall–Kier alpha value is -2.38. The minimum absolute atomic E-state index is 0.0247. The molecule has 0 aliphatic carbocycles. The predicted octanol–water partition coefficient (Wildman–Crippen LogP) is 3.54. The Morgan fingerprint density at radius 1 is 1.19 bits per heavy atom. The van der Waals surface area contributed by atoms with Crippen LogP contribution < -0.4 is 10.6 Å². The third kappa shape index (κ3) is 3.80. The molecular weight excluding hydrogens is 260 g/mol. The van der Waals surface area contributed by atoms with Crippen molar-refractivity contribution in [1.82, 2.24) is 4.98 Å². The molecule has 108 valence electrons. The number of para-hydroxylation sites is 1. The molecule has 0 radical (unpaired) electrons. The van der Waals surface area contributed by atoms with E-state index >= 15 is 0 Å². The second-order valence-electron chi connectivity index (χ2n) is 4.85. The van der Waals surface area contributed by atoms with Crippen LogP contribution in [-0.2, 0) is 0 Å². The lowest BCUT2D eigenvalue weighted by Crippen LogP contribution is -2.19. The lowest BCUT2D eigenvalue weighted by atomic mass is 10.1. The fourth-order valence-electron chi connectivity index (χ4n) is 2.16. The van der Waals surface area contributed by atoms with Gasteiger partial charge in [-0.05, 0) is 30.7 Å². The van der Waals surface area contributed by atoms with E-state index in [4.69, 9.17) is 11.0 Å². The Kier molecular flexibility index (Phi) is 5.30. The van der Waals surface area contributed by atoms with Crippen molar-refractivity contribution >= 4 is 11.4 Å². The van der Waals surface area contributed by atoms with Crippen molar-refractivity contribution in [2.75, 3.05) is 11.4 Å².